The quantitative estimate of drug-likeness (QED) is 0.613. The molecular formula is C22H28ClF3N4O3. The van der Waals surface area contributed by atoms with E-state index in [1.165, 1.54) is 12.1 Å². The molecule has 0 radical (unpaired) electrons. The fourth-order valence-corrected chi connectivity index (χ4v) is 5.41. The zero-order valence-corrected chi connectivity index (χ0v) is 19.2. The van der Waals surface area contributed by atoms with Crippen molar-refractivity contribution in [2.75, 3.05) is 33.8 Å². The van der Waals surface area contributed by atoms with Crippen LogP contribution >= 0.6 is 11.6 Å². The molecule has 2 N–H and O–H groups in total. The zero-order valence-electron chi connectivity index (χ0n) is 18.5. The summed E-state index contributed by atoms with van der Waals surface area (Å²) in [5.41, 5.74) is -0.339. The molecule has 33 heavy (non-hydrogen) atoms. The number of rotatable bonds is 7. The molecule has 1 heterocycles. The minimum absolute atomic E-state index is 0.0195. The molecule has 1 aromatic carbocycles. The lowest BCUT2D eigenvalue weighted by Crippen LogP contribution is -2.62. The maximum atomic E-state index is 13.6. The molecule has 182 valence electrons. The number of nitrogens with one attached hydrogen (secondary N) is 2. The van der Waals surface area contributed by atoms with E-state index in [0.29, 0.717) is 6.42 Å². The molecule has 5 rings (SSSR count). The Morgan fingerprint density at radius 2 is 1.94 bits per heavy atom. The van der Waals surface area contributed by atoms with Gasteiger partial charge in [0.1, 0.15) is 11.6 Å². The average molecular weight is 489 g/mol. The topological polar surface area (TPSA) is 73.9 Å². The van der Waals surface area contributed by atoms with Crippen LogP contribution in [-0.2, 0) is 9.59 Å². The highest BCUT2D eigenvalue weighted by atomic mass is 35.5. The molecule has 7 nitrogen and oxygen atoms in total. The van der Waals surface area contributed by atoms with E-state index in [1.807, 2.05) is 0 Å². The molecule has 1 aliphatic heterocycles. The van der Waals surface area contributed by atoms with Crippen molar-refractivity contribution in [1.29, 1.82) is 0 Å². The summed E-state index contributed by atoms with van der Waals surface area (Å²) in [6, 6.07) is 2.49. The zero-order chi connectivity index (χ0) is 23.9. The molecule has 1 aromatic rings. The molecular weight excluding hydrogens is 461 g/mol. The number of amides is 2. The third-order valence-corrected chi connectivity index (χ3v) is 7.68. The van der Waals surface area contributed by atoms with Crippen LogP contribution in [0, 0.1) is 11.7 Å². The standard InChI is InChI=1S/C22H28ClF3N4O3/c1-29(21(32)17-10-27-16(9-28-17)20(25)26)18-8-22(6-12(18)7-22)30(2)19(31)11-33-13-3-4-14(23)15(24)5-13/h3-5,12,16-18,20,27-28H,6-11H2,1-2H3/t12?,16?,17?,18-,22?/m0/s1. The number of alkyl halides is 2. The van der Waals surface area contributed by atoms with Crippen LogP contribution in [0.2, 0.25) is 5.02 Å². The Morgan fingerprint density at radius 1 is 1.21 bits per heavy atom. The molecule has 3 saturated carbocycles. The monoisotopic (exact) mass is 488 g/mol. The smallest absolute Gasteiger partial charge is 0.260 e. The highest BCUT2D eigenvalue weighted by Crippen LogP contribution is 2.56. The lowest BCUT2D eigenvalue weighted by molar-refractivity contribution is -0.140. The van der Waals surface area contributed by atoms with Gasteiger partial charge in [0, 0.05) is 44.8 Å². The average Bonchev–Trinajstić information content (AvgIpc) is 3.35. The summed E-state index contributed by atoms with van der Waals surface area (Å²) in [6.45, 7) is -0.0389. The van der Waals surface area contributed by atoms with Gasteiger partial charge in [-0.15, -0.1) is 0 Å². The first-order chi connectivity index (χ1) is 15.6. The van der Waals surface area contributed by atoms with Gasteiger partial charge >= 0.3 is 0 Å². The summed E-state index contributed by atoms with van der Waals surface area (Å²) < 4.78 is 44.6. The van der Waals surface area contributed by atoms with Gasteiger partial charge < -0.3 is 25.2 Å². The van der Waals surface area contributed by atoms with Gasteiger partial charge in [0.15, 0.2) is 6.61 Å². The third-order valence-electron chi connectivity index (χ3n) is 7.37. The van der Waals surface area contributed by atoms with Crippen LogP contribution in [0.4, 0.5) is 13.2 Å². The van der Waals surface area contributed by atoms with E-state index in [1.54, 1.807) is 23.9 Å². The number of fused-ring (bicyclic) bond motifs is 1. The number of carbonyl (C=O) groups excluding carboxylic acids is 2. The summed E-state index contributed by atoms with van der Waals surface area (Å²) in [4.78, 5) is 29.1. The van der Waals surface area contributed by atoms with Crippen LogP contribution in [0.15, 0.2) is 18.2 Å². The van der Waals surface area contributed by atoms with Crippen molar-refractivity contribution in [2.24, 2.45) is 5.92 Å². The van der Waals surface area contributed by atoms with Gasteiger partial charge in [-0.3, -0.25) is 9.59 Å². The highest BCUT2D eigenvalue weighted by molar-refractivity contribution is 6.30. The summed E-state index contributed by atoms with van der Waals surface area (Å²) >= 11 is 5.66. The number of ether oxygens (including phenoxy) is 1. The number of carbonyl (C=O) groups is 2. The molecule has 0 spiro atoms. The maximum absolute atomic E-state index is 13.6. The van der Waals surface area contributed by atoms with E-state index in [9.17, 15) is 22.8 Å². The van der Waals surface area contributed by atoms with E-state index in [0.717, 1.165) is 18.9 Å². The van der Waals surface area contributed by atoms with E-state index in [4.69, 9.17) is 16.3 Å². The normalized spacial score (nSPS) is 30.6. The Kier molecular flexibility index (Phi) is 6.80. The van der Waals surface area contributed by atoms with Crippen LogP contribution in [-0.4, -0.2) is 85.5 Å². The Morgan fingerprint density at radius 3 is 2.55 bits per heavy atom. The van der Waals surface area contributed by atoms with Gasteiger partial charge in [0.25, 0.3) is 12.3 Å². The first-order valence-electron chi connectivity index (χ1n) is 11.0. The Labute approximate surface area is 195 Å². The van der Waals surface area contributed by atoms with Crippen molar-refractivity contribution in [3.05, 3.63) is 29.0 Å². The SMILES string of the molecule is CN(C(=O)C1CNC(C(F)F)CN1)[C@H]1CC2(N(C)C(=O)COc3ccc(Cl)c(F)c3)CC1C2. The first-order valence-corrected chi connectivity index (χ1v) is 11.4. The molecule has 0 aromatic heterocycles. The first kappa shape index (κ1) is 24.1. The Bertz CT molecular complexity index is 907. The fourth-order valence-electron chi connectivity index (χ4n) is 5.29. The number of piperazine rings is 1. The lowest BCUT2D eigenvalue weighted by Gasteiger charge is -2.45. The van der Waals surface area contributed by atoms with Crippen molar-refractivity contribution < 1.29 is 27.5 Å². The molecule has 1 saturated heterocycles. The maximum Gasteiger partial charge on any atom is 0.260 e. The molecule has 2 unspecified atom stereocenters. The molecule has 2 amide bonds. The second-order valence-corrected chi connectivity index (χ2v) is 9.65. The van der Waals surface area contributed by atoms with E-state index in [-0.39, 0.29) is 59.8 Å². The number of hydrogen-bond acceptors (Lipinski definition) is 5. The van der Waals surface area contributed by atoms with Crippen molar-refractivity contribution in [3.8, 4) is 5.75 Å². The van der Waals surface area contributed by atoms with Gasteiger partial charge in [0.05, 0.1) is 17.1 Å². The second-order valence-electron chi connectivity index (χ2n) is 9.24. The summed E-state index contributed by atoms with van der Waals surface area (Å²) in [5.74, 6) is -0.473. The van der Waals surface area contributed by atoms with Gasteiger partial charge in [-0.2, -0.15) is 0 Å². The van der Waals surface area contributed by atoms with E-state index in [2.05, 4.69) is 10.6 Å². The fraction of sp³-hybridized carbons (Fsp3) is 0.636. The van der Waals surface area contributed by atoms with Gasteiger partial charge in [-0.05, 0) is 37.3 Å². The number of likely N-dealkylation sites (N-methyl/N-ethyl adjacent to an activating group) is 2. The predicted octanol–water partition coefficient (Wildman–Crippen LogP) is 1.89. The Hall–Kier alpha value is -2.04. The van der Waals surface area contributed by atoms with Crippen LogP contribution in [0.5, 0.6) is 5.75 Å². The Balaban J connectivity index is 1.30. The van der Waals surface area contributed by atoms with Crippen LogP contribution < -0.4 is 15.4 Å². The third kappa shape index (κ3) is 4.65. The van der Waals surface area contributed by atoms with Gasteiger partial charge in [-0.25, -0.2) is 13.2 Å². The molecule has 3 aliphatic carbocycles. The second kappa shape index (κ2) is 9.31. The number of hydrogen-bond donors (Lipinski definition) is 2. The van der Waals surface area contributed by atoms with Crippen molar-refractivity contribution in [1.82, 2.24) is 20.4 Å². The van der Waals surface area contributed by atoms with Gasteiger partial charge in [0.2, 0.25) is 5.91 Å². The largest absolute Gasteiger partial charge is 0.484 e. The molecule has 2 bridgehead atoms. The lowest BCUT2D eigenvalue weighted by atomic mass is 9.75. The van der Waals surface area contributed by atoms with E-state index >= 15 is 0 Å². The molecule has 4 aliphatic rings. The predicted molar refractivity (Wildman–Crippen MR) is 116 cm³/mol. The van der Waals surface area contributed by atoms with Crippen molar-refractivity contribution in [3.63, 3.8) is 0 Å². The minimum Gasteiger partial charge on any atom is -0.484 e. The van der Waals surface area contributed by atoms with Gasteiger partial charge in [-0.1, -0.05) is 11.6 Å². The van der Waals surface area contributed by atoms with Crippen LogP contribution in [0.3, 0.4) is 0 Å². The number of benzene rings is 1. The number of nitrogens with zero attached hydrogens (tertiary/aromatic N) is 2. The molecule has 4 fully saturated rings. The molecule has 3 atom stereocenters. The van der Waals surface area contributed by atoms with Crippen molar-refractivity contribution in [2.45, 2.75) is 49.4 Å². The number of halogens is 4. The van der Waals surface area contributed by atoms with Crippen molar-refractivity contribution >= 4 is 23.4 Å². The summed E-state index contributed by atoms with van der Waals surface area (Å²) in [7, 11) is 3.47. The van der Waals surface area contributed by atoms with Crippen LogP contribution in [0.1, 0.15) is 19.3 Å². The highest BCUT2D eigenvalue weighted by Gasteiger charge is 2.60. The molecule has 11 heteroatoms. The summed E-state index contributed by atoms with van der Waals surface area (Å²) in [5, 5.41) is 5.64. The minimum atomic E-state index is -2.48. The van der Waals surface area contributed by atoms with E-state index < -0.39 is 24.3 Å². The summed E-state index contributed by atoms with van der Waals surface area (Å²) in [6.07, 6.45) is -0.255. The van der Waals surface area contributed by atoms with Crippen LogP contribution in [0.25, 0.3) is 0 Å².